The molecule has 0 bridgehead atoms. The minimum atomic E-state index is -3.74. The summed E-state index contributed by atoms with van der Waals surface area (Å²) in [6.07, 6.45) is 7.36. The van der Waals surface area contributed by atoms with Crippen molar-refractivity contribution in [1.82, 2.24) is 5.32 Å². The molecule has 1 N–H and O–H groups in total. The van der Waals surface area contributed by atoms with Crippen LogP contribution in [0.3, 0.4) is 0 Å². The number of rotatable bonds is 6. The van der Waals surface area contributed by atoms with Gasteiger partial charge in [-0.1, -0.05) is 46.5 Å². The molecule has 0 atom stereocenters. The van der Waals surface area contributed by atoms with Crippen molar-refractivity contribution in [1.29, 1.82) is 0 Å². The molecule has 9 heteroatoms. The van der Waals surface area contributed by atoms with Gasteiger partial charge in [-0.05, 0) is 37.8 Å². The maximum atomic E-state index is 12.2. The predicted molar refractivity (Wildman–Crippen MR) is 103 cm³/mol. The van der Waals surface area contributed by atoms with Gasteiger partial charge in [0.15, 0.2) is 0 Å². The number of hydrogen-bond donors (Lipinski definition) is 1. The third kappa shape index (κ3) is 5.78. The van der Waals surface area contributed by atoms with Gasteiger partial charge in [0.25, 0.3) is 0 Å². The van der Waals surface area contributed by atoms with Crippen molar-refractivity contribution in [3.8, 4) is 0 Å². The van der Waals surface area contributed by atoms with Crippen molar-refractivity contribution in [2.24, 2.45) is 0 Å². The molecule has 1 aliphatic rings. The van der Waals surface area contributed by atoms with E-state index in [0.29, 0.717) is 6.54 Å². The lowest BCUT2D eigenvalue weighted by molar-refractivity contribution is -0.119. The number of nitrogens with one attached hydrogen (secondary N) is 1. The van der Waals surface area contributed by atoms with E-state index in [1.54, 1.807) is 0 Å². The summed E-state index contributed by atoms with van der Waals surface area (Å²) in [5, 5.41) is 3.22. The van der Waals surface area contributed by atoms with Crippen molar-refractivity contribution in [3.05, 3.63) is 38.8 Å². The summed E-state index contributed by atoms with van der Waals surface area (Å²) in [7, 11) is -3.74. The molecule has 25 heavy (non-hydrogen) atoms. The fraction of sp³-hybridized carbons (Fsp3) is 0.438. The van der Waals surface area contributed by atoms with Crippen LogP contribution >= 0.6 is 34.8 Å². The minimum absolute atomic E-state index is 0.0996. The zero-order valence-electron chi connectivity index (χ0n) is 13.7. The fourth-order valence-corrected chi connectivity index (χ4v) is 4.10. The number of carbonyl (C=O) groups excluding carboxylic acids is 1. The Morgan fingerprint density at radius 3 is 2.44 bits per heavy atom. The normalized spacial score (nSPS) is 14.8. The molecule has 0 aromatic heterocycles. The number of allylic oxidation sites excluding steroid dienone is 1. The van der Waals surface area contributed by atoms with Crippen LogP contribution in [0.25, 0.3) is 0 Å². The second-order valence-electron chi connectivity index (χ2n) is 5.87. The van der Waals surface area contributed by atoms with Crippen LogP contribution in [0.5, 0.6) is 0 Å². The lowest BCUT2D eigenvalue weighted by atomic mass is 10.00. The molecule has 0 unspecified atom stereocenters. The van der Waals surface area contributed by atoms with E-state index in [1.165, 1.54) is 12.1 Å². The Kier molecular flexibility index (Phi) is 7.02. The molecule has 2 rings (SSSR count). The van der Waals surface area contributed by atoms with Crippen LogP contribution in [0, 0.1) is 0 Å². The van der Waals surface area contributed by atoms with Crippen molar-refractivity contribution < 1.29 is 13.2 Å². The highest BCUT2D eigenvalue weighted by Gasteiger charge is 2.24. The van der Waals surface area contributed by atoms with E-state index >= 15 is 0 Å². The van der Waals surface area contributed by atoms with Crippen molar-refractivity contribution in [2.45, 2.75) is 25.7 Å². The van der Waals surface area contributed by atoms with E-state index in [4.69, 9.17) is 34.8 Å². The summed E-state index contributed by atoms with van der Waals surface area (Å²) in [6.45, 7) is 0.0370. The summed E-state index contributed by atoms with van der Waals surface area (Å²) >= 11 is 17.9. The molecule has 1 aliphatic carbocycles. The predicted octanol–water partition coefficient (Wildman–Crippen LogP) is 4.03. The zero-order valence-corrected chi connectivity index (χ0v) is 16.8. The topological polar surface area (TPSA) is 66.5 Å². The van der Waals surface area contributed by atoms with Crippen LogP contribution in [-0.2, 0) is 14.8 Å². The number of sulfonamides is 1. The van der Waals surface area contributed by atoms with Crippen LogP contribution in [0.15, 0.2) is 23.8 Å². The van der Waals surface area contributed by atoms with Crippen LogP contribution in [0.4, 0.5) is 5.69 Å². The Hall–Kier alpha value is -0.950. The number of benzene rings is 1. The van der Waals surface area contributed by atoms with E-state index in [2.05, 4.69) is 11.4 Å². The Bertz CT molecular complexity index is 794. The molecule has 0 radical (unpaired) electrons. The van der Waals surface area contributed by atoms with Crippen LogP contribution < -0.4 is 9.62 Å². The Balaban J connectivity index is 2.15. The zero-order chi connectivity index (χ0) is 18.6. The first-order valence-corrected chi connectivity index (χ1v) is 10.7. The van der Waals surface area contributed by atoms with Crippen LogP contribution in [0.1, 0.15) is 25.7 Å². The number of amides is 1. The fourth-order valence-electron chi connectivity index (χ4n) is 2.55. The van der Waals surface area contributed by atoms with Gasteiger partial charge in [0.2, 0.25) is 15.9 Å². The molecule has 138 valence electrons. The van der Waals surface area contributed by atoms with E-state index in [0.717, 1.165) is 41.8 Å². The van der Waals surface area contributed by atoms with Gasteiger partial charge in [0.05, 0.1) is 27.0 Å². The molecular formula is C16H19Cl3N2O3S. The van der Waals surface area contributed by atoms with Crippen molar-refractivity contribution >= 4 is 56.4 Å². The lowest BCUT2D eigenvalue weighted by Gasteiger charge is -2.23. The summed E-state index contributed by atoms with van der Waals surface area (Å²) in [4.78, 5) is 12.2. The number of nitrogens with zero attached hydrogens (tertiary/aromatic N) is 1. The third-order valence-corrected chi connectivity index (χ3v) is 5.99. The van der Waals surface area contributed by atoms with Crippen LogP contribution in [0.2, 0.25) is 15.1 Å². The van der Waals surface area contributed by atoms with E-state index in [9.17, 15) is 13.2 Å². The molecule has 1 aromatic carbocycles. The van der Waals surface area contributed by atoms with Gasteiger partial charge in [-0.2, -0.15) is 0 Å². The van der Waals surface area contributed by atoms with E-state index in [1.807, 2.05) is 0 Å². The van der Waals surface area contributed by atoms with Gasteiger partial charge in [0.1, 0.15) is 6.54 Å². The number of hydrogen-bond acceptors (Lipinski definition) is 3. The Morgan fingerprint density at radius 1 is 1.16 bits per heavy atom. The molecule has 1 aromatic rings. The molecule has 0 heterocycles. The first kappa shape index (κ1) is 20.4. The second-order valence-corrected chi connectivity index (χ2v) is 9.00. The highest BCUT2D eigenvalue weighted by molar-refractivity contribution is 7.92. The molecular weight excluding hydrogens is 407 g/mol. The second kappa shape index (κ2) is 8.62. The number of carbonyl (C=O) groups is 1. The molecule has 5 nitrogen and oxygen atoms in total. The van der Waals surface area contributed by atoms with Crippen molar-refractivity contribution in [3.63, 3.8) is 0 Å². The summed E-state index contributed by atoms with van der Waals surface area (Å²) < 4.78 is 25.2. The maximum Gasteiger partial charge on any atom is 0.241 e. The summed E-state index contributed by atoms with van der Waals surface area (Å²) in [6, 6.07) is 2.69. The summed E-state index contributed by atoms with van der Waals surface area (Å²) in [5.41, 5.74) is 1.28. The first-order valence-electron chi connectivity index (χ1n) is 7.75. The molecule has 0 spiro atoms. The maximum absolute atomic E-state index is 12.2. The minimum Gasteiger partial charge on any atom is -0.351 e. The molecule has 0 fully saturated rings. The first-order chi connectivity index (χ1) is 11.7. The smallest absolute Gasteiger partial charge is 0.241 e. The highest BCUT2D eigenvalue weighted by Crippen LogP contribution is 2.35. The lowest BCUT2D eigenvalue weighted by Crippen LogP contribution is -2.41. The Morgan fingerprint density at radius 2 is 1.84 bits per heavy atom. The highest BCUT2D eigenvalue weighted by atomic mass is 35.5. The van der Waals surface area contributed by atoms with Crippen molar-refractivity contribution in [2.75, 3.05) is 23.7 Å². The van der Waals surface area contributed by atoms with Gasteiger partial charge < -0.3 is 5.32 Å². The third-order valence-electron chi connectivity index (χ3n) is 3.84. The molecule has 0 saturated carbocycles. The molecule has 1 amide bonds. The average molecular weight is 426 g/mol. The molecule has 0 aliphatic heterocycles. The van der Waals surface area contributed by atoms with Gasteiger partial charge in [-0.25, -0.2) is 8.42 Å². The van der Waals surface area contributed by atoms with Gasteiger partial charge in [0, 0.05) is 6.54 Å². The largest absolute Gasteiger partial charge is 0.351 e. The Labute approximate surface area is 163 Å². The van der Waals surface area contributed by atoms with Gasteiger partial charge >= 0.3 is 0 Å². The number of halogens is 3. The van der Waals surface area contributed by atoms with Gasteiger partial charge in [-0.3, -0.25) is 9.10 Å². The molecule has 0 saturated heterocycles. The quantitative estimate of drug-likeness (QED) is 0.553. The monoisotopic (exact) mass is 424 g/mol. The van der Waals surface area contributed by atoms with E-state index < -0.39 is 15.9 Å². The summed E-state index contributed by atoms with van der Waals surface area (Å²) in [5.74, 6) is -0.418. The van der Waals surface area contributed by atoms with Crippen LogP contribution in [-0.4, -0.2) is 33.7 Å². The van der Waals surface area contributed by atoms with Gasteiger partial charge in [-0.15, -0.1) is 0 Å². The number of anilines is 1. The van der Waals surface area contributed by atoms with E-state index in [-0.39, 0.29) is 27.3 Å². The standard InChI is InChI=1S/C16H19Cl3N2O3S/c1-25(23,24)21(15-8-13(18)12(17)7-14(15)19)10-16(22)20-9-11-5-3-2-4-6-11/h5,7-8H,2-4,6,9-10H2,1H3,(H,20,22). The average Bonchev–Trinajstić information content (AvgIpc) is 2.54. The SMILES string of the molecule is CS(=O)(=O)N(CC(=O)NCC1=CCCCC1)c1cc(Cl)c(Cl)cc1Cl.